The van der Waals surface area contributed by atoms with E-state index in [4.69, 9.17) is 0 Å². The summed E-state index contributed by atoms with van der Waals surface area (Å²) in [4.78, 5) is 23.0. The van der Waals surface area contributed by atoms with Crippen molar-refractivity contribution >= 4 is 34.0 Å². The first-order valence-corrected chi connectivity index (χ1v) is 10.4. The van der Waals surface area contributed by atoms with Gasteiger partial charge in [0.25, 0.3) is 5.91 Å². The Morgan fingerprint density at radius 1 is 1.13 bits per heavy atom. The van der Waals surface area contributed by atoms with Gasteiger partial charge in [-0.05, 0) is 19.3 Å². The van der Waals surface area contributed by atoms with Gasteiger partial charge in [-0.2, -0.15) is 11.8 Å². The summed E-state index contributed by atoms with van der Waals surface area (Å²) in [5.41, 5.74) is 1.75. The predicted octanol–water partition coefficient (Wildman–Crippen LogP) is 2.57. The highest BCUT2D eigenvalue weighted by Crippen LogP contribution is 2.23. The van der Waals surface area contributed by atoms with Crippen LogP contribution in [0.15, 0.2) is 11.6 Å². The van der Waals surface area contributed by atoms with Crippen molar-refractivity contribution in [2.24, 2.45) is 0 Å². The molecule has 0 saturated carbocycles. The topological polar surface area (TPSA) is 40.9 Å². The van der Waals surface area contributed by atoms with Gasteiger partial charge in [-0.15, -0.1) is 11.3 Å². The Kier molecular flexibility index (Phi) is 4.59. The van der Waals surface area contributed by atoms with Crippen molar-refractivity contribution in [2.75, 3.05) is 37.7 Å². The number of hydrogen-bond donors (Lipinski definition) is 0. The fourth-order valence-corrected chi connectivity index (χ4v) is 5.08. The summed E-state index contributed by atoms with van der Waals surface area (Å²) in [6.07, 6.45) is 5.52. The molecule has 2 fully saturated rings. The van der Waals surface area contributed by atoms with Crippen molar-refractivity contribution in [1.29, 1.82) is 0 Å². The zero-order valence-corrected chi connectivity index (χ0v) is 14.9. The van der Waals surface area contributed by atoms with E-state index in [1.807, 2.05) is 28.2 Å². The minimum atomic E-state index is 0.127. The van der Waals surface area contributed by atoms with Gasteiger partial charge in [0, 0.05) is 55.8 Å². The minimum absolute atomic E-state index is 0.127. The quantitative estimate of drug-likeness (QED) is 0.853. The molecule has 2 aliphatic rings. The molecule has 0 radical (unpaired) electrons. The molecule has 2 aliphatic heterocycles. The van der Waals surface area contributed by atoms with E-state index in [1.54, 1.807) is 11.3 Å². The lowest BCUT2D eigenvalue weighted by Gasteiger charge is -2.28. The van der Waals surface area contributed by atoms with Gasteiger partial charge < -0.3 is 4.90 Å². The first-order valence-electron chi connectivity index (χ1n) is 8.37. The predicted molar refractivity (Wildman–Crippen MR) is 95.4 cm³/mol. The van der Waals surface area contributed by atoms with Crippen LogP contribution < -0.4 is 0 Å². The van der Waals surface area contributed by atoms with Crippen molar-refractivity contribution in [2.45, 2.75) is 25.8 Å². The molecule has 0 unspecified atom stereocenters. The third-order valence-electron chi connectivity index (χ3n) is 4.68. The summed E-state index contributed by atoms with van der Waals surface area (Å²) in [7, 11) is 0. The van der Waals surface area contributed by atoms with Crippen molar-refractivity contribution in [3.8, 4) is 0 Å². The van der Waals surface area contributed by atoms with E-state index in [9.17, 15) is 4.79 Å². The molecular weight excluding hydrogens is 328 g/mol. The average Bonchev–Trinajstić information content (AvgIpc) is 3.19. The Labute approximate surface area is 144 Å². The van der Waals surface area contributed by atoms with E-state index in [1.165, 1.54) is 17.9 Å². The molecule has 5 nitrogen and oxygen atoms in total. The van der Waals surface area contributed by atoms with E-state index in [0.29, 0.717) is 5.69 Å². The molecule has 4 rings (SSSR count). The Morgan fingerprint density at radius 3 is 2.70 bits per heavy atom. The molecule has 0 N–H and O–H groups in total. The number of carbonyl (C=O) groups excluding carboxylic acids is 1. The Hall–Kier alpha value is -1.05. The molecule has 0 aromatic carbocycles. The Bertz CT molecular complexity index is 683. The molecule has 0 spiro atoms. The number of thioether (sulfide) groups is 1. The lowest BCUT2D eigenvalue weighted by molar-refractivity contribution is 0.0716. The first kappa shape index (κ1) is 15.5. The van der Waals surface area contributed by atoms with E-state index < -0.39 is 0 Å². The molecule has 1 amide bonds. The van der Waals surface area contributed by atoms with Crippen molar-refractivity contribution < 1.29 is 4.79 Å². The summed E-state index contributed by atoms with van der Waals surface area (Å²) in [6, 6.07) is 0. The summed E-state index contributed by atoms with van der Waals surface area (Å²) >= 11 is 3.62. The largest absolute Gasteiger partial charge is 0.337 e. The molecule has 0 bridgehead atoms. The van der Waals surface area contributed by atoms with Crippen LogP contribution in [0.25, 0.3) is 4.96 Å². The van der Waals surface area contributed by atoms with Gasteiger partial charge in [0.15, 0.2) is 10.7 Å². The second kappa shape index (κ2) is 6.83. The number of thiazole rings is 1. The number of piperidine rings is 1. The molecule has 0 atom stereocenters. The van der Waals surface area contributed by atoms with Gasteiger partial charge in [-0.25, -0.2) is 4.98 Å². The van der Waals surface area contributed by atoms with Crippen LogP contribution in [0, 0.1) is 0 Å². The maximum absolute atomic E-state index is 13.0. The van der Waals surface area contributed by atoms with Crippen LogP contribution >= 0.6 is 23.1 Å². The second-order valence-electron chi connectivity index (χ2n) is 6.20. The van der Waals surface area contributed by atoms with Crippen LogP contribution in [0.4, 0.5) is 0 Å². The maximum Gasteiger partial charge on any atom is 0.274 e. The lowest BCUT2D eigenvalue weighted by Crippen LogP contribution is -2.37. The zero-order valence-electron chi connectivity index (χ0n) is 13.2. The highest BCUT2D eigenvalue weighted by molar-refractivity contribution is 7.99. The number of nitrogens with zero attached hydrogens (tertiary/aromatic N) is 4. The maximum atomic E-state index is 13.0. The Morgan fingerprint density at radius 2 is 1.91 bits per heavy atom. The minimum Gasteiger partial charge on any atom is -0.337 e. The normalized spacial score (nSPS) is 20.3. The van der Waals surface area contributed by atoms with Gasteiger partial charge in [0.05, 0.1) is 5.69 Å². The molecule has 124 valence electrons. The van der Waals surface area contributed by atoms with E-state index in [-0.39, 0.29) is 5.91 Å². The standard InChI is InChI=1S/C16H22N4OS2/c21-15(19-4-2-1-3-5-19)14-13(12-18-6-9-22-10-7-18)20-8-11-23-16(20)17-14/h8,11H,1-7,9-10,12H2. The Balaban J connectivity index is 1.63. The first-order chi connectivity index (χ1) is 11.3. The molecule has 0 aliphatic carbocycles. The van der Waals surface area contributed by atoms with Gasteiger partial charge in [0.2, 0.25) is 0 Å². The lowest BCUT2D eigenvalue weighted by atomic mass is 10.1. The van der Waals surface area contributed by atoms with Crippen molar-refractivity contribution in [3.05, 3.63) is 23.0 Å². The molecule has 2 aromatic rings. The third kappa shape index (κ3) is 3.14. The third-order valence-corrected chi connectivity index (χ3v) is 6.38. The number of likely N-dealkylation sites (tertiary alicyclic amines) is 1. The number of fused-ring (bicyclic) bond motifs is 1. The van der Waals surface area contributed by atoms with Crippen molar-refractivity contribution in [3.63, 3.8) is 0 Å². The number of amides is 1. The van der Waals surface area contributed by atoms with Crippen LogP contribution in [0.1, 0.15) is 35.4 Å². The van der Waals surface area contributed by atoms with E-state index in [2.05, 4.69) is 14.3 Å². The van der Waals surface area contributed by atoms with Gasteiger partial charge >= 0.3 is 0 Å². The smallest absolute Gasteiger partial charge is 0.274 e. The second-order valence-corrected chi connectivity index (χ2v) is 8.30. The van der Waals surface area contributed by atoms with Crippen LogP contribution in [0.3, 0.4) is 0 Å². The number of imidazole rings is 1. The number of rotatable bonds is 3. The van der Waals surface area contributed by atoms with Gasteiger partial charge in [0.1, 0.15) is 0 Å². The molecular formula is C16H22N4OS2. The summed E-state index contributed by atoms with van der Waals surface area (Å²) in [5, 5.41) is 2.05. The van der Waals surface area contributed by atoms with E-state index in [0.717, 1.165) is 56.2 Å². The molecule has 4 heterocycles. The molecule has 23 heavy (non-hydrogen) atoms. The van der Waals surface area contributed by atoms with Crippen LogP contribution in [-0.2, 0) is 6.54 Å². The summed E-state index contributed by atoms with van der Waals surface area (Å²) in [6.45, 7) is 4.78. The van der Waals surface area contributed by atoms with Gasteiger partial charge in [-0.3, -0.25) is 14.1 Å². The molecule has 2 aromatic heterocycles. The fourth-order valence-electron chi connectivity index (χ4n) is 3.37. The van der Waals surface area contributed by atoms with Crippen molar-refractivity contribution in [1.82, 2.24) is 19.2 Å². The van der Waals surface area contributed by atoms with Crippen LogP contribution in [0.5, 0.6) is 0 Å². The van der Waals surface area contributed by atoms with Gasteiger partial charge in [-0.1, -0.05) is 0 Å². The molecule has 2 saturated heterocycles. The summed E-state index contributed by atoms with van der Waals surface area (Å²) < 4.78 is 2.11. The van der Waals surface area contributed by atoms with E-state index >= 15 is 0 Å². The monoisotopic (exact) mass is 350 g/mol. The SMILES string of the molecule is O=C(c1nc2sccn2c1CN1CCSCC1)N1CCCCC1. The average molecular weight is 351 g/mol. The van der Waals surface area contributed by atoms with Crippen LogP contribution in [0.2, 0.25) is 0 Å². The highest BCUT2D eigenvalue weighted by atomic mass is 32.2. The zero-order chi connectivity index (χ0) is 15.6. The van der Waals surface area contributed by atoms with Crippen LogP contribution in [-0.4, -0.2) is 62.8 Å². The number of aromatic nitrogens is 2. The number of hydrogen-bond acceptors (Lipinski definition) is 5. The molecule has 7 heteroatoms. The highest BCUT2D eigenvalue weighted by Gasteiger charge is 2.26. The fraction of sp³-hybridized carbons (Fsp3) is 0.625. The number of carbonyl (C=O) groups is 1. The summed E-state index contributed by atoms with van der Waals surface area (Å²) in [5.74, 6) is 2.49.